The fourth-order valence-corrected chi connectivity index (χ4v) is 3.50. The monoisotopic (exact) mass is 382 g/mol. The number of fused-ring (bicyclic) bond motifs is 1. The summed E-state index contributed by atoms with van der Waals surface area (Å²) in [6.07, 6.45) is 8.27. The van der Waals surface area contributed by atoms with Gasteiger partial charge in [-0.15, -0.1) is 0 Å². The molecule has 0 fully saturated rings. The van der Waals surface area contributed by atoms with Crippen molar-refractivity contribution in [3.8, 4) is 0 Å². The molecule has 2 aliphatic heterocycles. The molecule has 0 saturated carbocycles. The Morgan fingerprint density at radius 2 is 2.18 bits per heavy atom. The van der Waals surface area contributed by atoms with E-state index in [4.69, 9.17) is 10.4 Å². The first-order valence-electron chi connectivity index (χ1n) is 9.83. The normalized spacial score (nSPS) is 18.8. The summed E-state index contributed by atoms with van der Waals surface area (Å²) in [5, 5.41) is 14.2. The minimum Gasteiger partial charge on any atom is -0.371 e. The average Bonchev–Trinajstić information content (AvgIpc) is 2.73. The van der Waals surface area contributed by atoms with Crippen LogP contribution in [0.2, 0.25) is 0 Å². The van der Waals surface area contributed by atoms with Gasteiger partial charge in [0, 0.05) is 62.6 Å². The van der Waals surface area contributed by atoms with Crippen LogP contribution in [0.3, 0.4) is 0 Å². The van der Waals surface area contributed by atoms with Crippen LogP contribution in [0.15, 0.2) is 40.9 Å². The molecule has 28 heavy (non-hydrogen) atoms. The highest BCUT2D eigenvalue weighted by Gasteiger charge is 2.23. The number of nitrogens with one attached hydrogen (secondary N) is 5. The summed E-state index contributed by atoms with van der Waals surface area (Å²) in [5.41, 5.74) is 9.20. The predicted molar refractivity (Wildman–Crippen MR) is 115 cm³/mol. The van der Waals surface area contributed by atoms with Gasteiger partial charge in [-0.3, -0.25) is 10.4 Å². The van der Waals surface area contributed by atoms with Gasteiger partial charge in [0.05, 0.1) is 17.1 Å². The second-order valence-electron chi connectivity index (χ2n) is 6.89. The Labute approximate surface area is 166 Å². The fourth-order valence-electron chi connectivity index (χ4n) is 3.50. The Morgan fingerprint density at radius 1 is 1.36 bits per heavy atom. The molecule has 2 atom stereocenters. The summed E-state index contributed by atoms with van der Waals surface area (Å²) in [5.74, 6) is 1.93. The Morgan fingerprint density at radius 3 is 2.89 bits per heavy atom. The number of aliphatic imine (C=N–C) groups is 1. The van der Waals surface area contributed by atoms with Crippen LogP contribution in [0.25, 0.3) is 0 Å². The number of nitrogens with zero attached hydrogens (tertiary/aromatic N) is 3. The van der Waals surface area contributed by atoms with Crippen LogP contribution in [-0.2, 0) is 6.42 Å². The summed E-state index contributed by atoms with van der Waals surface area (Å²) < 4.78 is 0. The molecular weight excluding hydrogens is 352 g/mol. The lowest BCUT2D eigenvalue weighted by Gasteiger charge is -2.27. The van der Waals surface area contributed by atoms with E-state index in [1.807, 2.05) is 31.6 Å². The number of pyridine rings is 1. The van der Waals surface area contributed by atoms with E-state index in [2.05, 4.69) is 51.3 Å². The molecule has 2 unspecified atom stereocenters. The molecule has 0 bridgehead atoms. The number of anilines is 1. The van der Waals surface area contributed by atoms with Crippen LogP contribution in [-0.4, -0.2) is 49.0 Å². The topological polar surface area (TPSA) is 100 Å². The molecule has 1 aromatic rings. The highest BCUT2D eigenvalue weighted by Crippen LogP contribution is 2.29. The van der Waals surface area contributed by atoms with Gasteiger partial charge in [-0.1, -0.05) is 0 Å². The van der Waals surface area contributed by atoms with Crippen LogP contribution in [0.1, 0.15) is 19.5 Å². The third-order valence-electron chi connectivity index (χ3n) is 5.10. The number of hydrogen-bond donors (Lipinski definition) is 5. The molecule has 3 heterocycles. The van der Waals surface area contributed by atoms with Crippen molar-refractivity contribution < 1.29 is 0 Å². The molecule has 0 aromatic carbocycles. The van der Waals surface area contributed by atoms with Gasteiger partial charge in [0.2, 0.25) is 0 Å². The SMILES string of the molecule is CCN(CC)C1=CNNC(Nc2ccc3c(n2)CC(C(C=N)CNC)C=N3)=C1. The van der Waals surface area contributed by atoms with Crippen LogP contribution < -0.4 is 21.5 Å². The molecule has 0 spiro atoms. The molecule has 8 heteroatoms. The Balaban J connectivity index is 1.73. The summed E-state index contributed by atoms with van der Waals surface area (Å²) in [4.78, 5) is 11.6. The predicted octanol–water partition coefficient (Wildman–Crippen LogP) is 1.99. The number of hydrazine groups is 1. The molecule has 2 aliphatic rings. The van der Waals surface area contributed by atoms with Gasteiger partial charge in [0.1, 0.15) is 11.6 Å². The lowest BCUT2D eigenvalue weighted by Crippen LogP contribution is -2.36. The average molecular weight is 383 g/mol. The Kier molecular flexibility index (Phi) is 6.65. The van der Waals surface area contributed by atoms with Crippen molar-refractivity contribution in [2.45, 2.75) is 20.3 Å². The van der Waals surface area contributed by atoms with Crippen molar-refractivity contribution in [1.29, 1.82) is 5.41 Å². The third kappa shape index (κ3) is 4.51. The van der Waals surface area contributed by atoms with Gasteiger partial charge < -0.3 is 26.4 Å². The van der Waals surface area contributed by atoms with Crippen LogP contribution >= 0.6 is 0 Å². The largest absolute Gasteiger partial charge is 0.371 e. The molecule has 0 amide bonds. The highest BCUT2D eigenvalue weighted by molar-refractivity contribution is 5.75. The second kappa shape index (κ2) is 9.36. The van der Waals surface area contributed by atoms with Crippen molar-refractivity contribution in [3.05, 3.63) is 41.6 Å². The molecule has 150 valence electrons. The number of likely N-dealkylation sites (N-methyl/N-ethyl adjacent to an activating group) is 1. The lowest BCUT2D eigenvalue weighted by molar-refractivity contribution is 0.386. The van der Waals surface area contributed by atoms with E-state index in [-0.39, 0.29) is 11.8 Å². The van der Waals surface area contributed by atoms with E-state index in [0.717, 1.165) is 54.8 Å². The molecule has 1 aromatic heterocycles. The minimum atomic E-state index is 0.119. The number of hydrogen-bond acceptors (Lipinski definition) is 8. The van der Waals surface area contributed by atoms with Crippen molar-refractivity contribution >= 4 is 23.9 Å². The Bertz CT molecular complexity index is 778. The molecule has 0 aliphatic carbocycles. The Hall–Kier alpha value is -2.87. The van der Waals surface area contributed by atoms with E-state index in [0.29, 0.717) is 0 Å². The van der Waals surface area contributed by atoms with Crippen molar-refractivity contribution in [1.82, 2.24) is 26.1 Å². The molecule has 0 saturated heterocycles. The first-order valence-corrected chi connectivity index (χ1v) is 9.83. The minimum absolute atomic E-state index is 0.119. The maximum atomic E-state index is 7.69. The summed E-state index contributed by atoms with van der Waals surface area (Å²) in [6, 6.07) is 3.93. The maximum absolute atomic E-state index is 7.69. The quantitative estimate of drug-likeness (QED) is 0.419. The van der Waals surface area contributed by atoms with E-state index in [9.17, 15) is 0 Å². The summed E-state index contributed by atoms with van der Waals surface area (Å²) >= 11 is 0. The van der Waals surface area contributed by atoms with Crippen molar-refractivity contribution in [3.63, 3.8) is 0 Å². The van der Waals surface area contributed by atoms with Crippen molar-refractivity contribution in [2.75, 3.05) is 32.0 Å². The first kappa shape index (κ1) is 19.9. The third-order valence-corrected chi connectivity index (χ3v) is 5.10. The van der Waals surface area contributed by atoms with Gasteiger partial charge in [-0.25, -0.2) is 4.98 Å². The van der Waals surface area contributed by atoms with Gasteiger partial charge in [-0.05, 0) is 33.0 Å². The van der Waals surface area contributed by atoms with E-state index >= 15 is 0 Å². The van der Waals surface area contributed by atoms with Crippen LogP contribution in [0.4, 0.5) is 11.5 Å². The zero-order chi connectivity index (χ0) is 19.9. The molecule has 0 radical (unpaired) electrons. The second-order valence-corrected chi connectivity index (χ2v) is 6.89. The van der Waals surface area contributed by atoms with E-state index in [1.54, 1.807) is 0 Å². The zero-order valence-electron chi connectivity index (χ0n) is 16.8. The van der Waals surface area contributed by atoms with Crippen molar-refractivity contribution in [2.24, 2.45) is 16.8 Å². The first-order chi connectivity index (χ1) is 13.7. The molecule has 3 rings (SSSR count). The zero-order valence-corrected chi connectivity index (χ0v) is 16.8. The maximum Gasteiger partial charge on any atom is 0.131 e. The molecular formula is C20H30N8. The number of aromatic nitrogens is 1. The van der Waals surface area contributed by atoms with Gasteiger partial charge in [0.15, 0.2) is 0 Å². The summed E-state index contributed by atoms with van der Waals surface area (Å²) in [7, 11) is 1.91. The van der Waals surface area contributed by atoms with Gasteiger partial charge >= 0.3 is 0 Å². The molecule has 8 nitrogen and oxygen atoms in total. The smallest absolute Gasteiger partial charge is 0.131 e. The summed E-state index contributed by atoms with van der Waals surface area (Å²) in [6.45, 7) is 6.95. The number of rotatable bonds is 9. The van der Waals surface area contributed by atoms with E-state index in [1.165, 1.54) is 6.21 Å². The van der Waals surface area contributed by atoms with Gasteiger partial charge in [0.25, 0.3) is 0 Å². The fraction of sp³-hybridized carbons (Fsp3) is 0.450. The number of allylic oxidation sites excluding steroid dienone is 1. The van der Waals surface area contributed by atoms with E-state index < -0.39 is 0 Å². The van der Waals surface area contributed by atoms with Gasteiger partial charge in [-0.2, -0.15) is 0 Å². The standard InChI is InChI=1S/C20H30N8/c1-4-28(5-2)16-9-20(27-24-13-16)26-19-7-6-17-18(25-19)8-14(12-23-17)15(10-21)11-22-3/h6-7,9-10,12-15,21-22,24,27H,4-5,8,11H2,1-3H3,(H,25,26). The van der Waals surface area contributed by atoms with Crippen LogP contribution in [0.5, 0.6) is 0 Å². The van der Waals surface area contributed by atoms with Crippen LogP contribution in [0, 0.1) is 17.2 Å². The molecule has 5 N–H and O–H groups in total. The lowest BCUT2D eigenvalue weighted by atomic mass is 9.88. The highest BCUT2D eigenvalue weighted by atomic mass is 15.4.